The van der Waals surface area contributed by atoms with Crippen molar-refractivity contribution in [3.05, 3.63) is 83.4 Å². The number of anilines is 1. The van der Waals surface area contributed by atoms with Crippen molar-refractivity contribution in [1.82, 2.24) is 10.2 Å². The Bertz CT molecular complexity index is 1240. The Morgan fingerprint density at radius 1 is 0.727 bits per heavy atom. The van der Waals surface area contributed by atoms with Crippen molar-refractivity contribution in [3.63, 3.8) is 0 Å². The first-order valence-corrected chi connectivity index (χ1v) is 12.3. The van der Waals surface area contributed by atoms with Gasteiger partial charge in [0.2, 0.25) is 0 Å². The molecule has 4 nitrogen and oxygen atoms in total. The van der Waals surface area contributed by atoms with E-state index < -0.39 is 0 Å². The lowest BCUT2D eigenvalue weighted by Gasteiger charge is -2.19. The predicted molar refractivity (Wildman–Crippen MR) is 136 cm³/mol. The molecular weight excluding hydrogens is 406 g/mol. The van der Waals surface area contributed by atoms with E-state index in [4.69, 9.17) is 0 Å². The molecule has 3 aromatic carbocycles. The van der Waals surface area contributed by atoms with Gasteiger partial charge >= 0.3 is 0 Å². The van der Waals surface area contributed by atoms with E-state index in [-0.39, 0.29) is 5.78 Å². The van der Waals surface area contributed by atoms with E-state index in [0.717, 1.165) is 51.9 Å². The number of hydrogen-bond acceptors (Lipinski definition) is 3. The normalized spacial score (nSPS) is 12.2. The minimum Gasteiger partial charge on any atom is -0.384 e. The summed E-state index contributed by atoms with van der Waals surface area (Å²) in [4.78, 5) is 13.3. The molecule has 1 aliphatic rings. The average molecular weight is 438 g/mol. The Kier molecular flexibility index (Phi) is 6.52. The van der Waals surface area contributed by atoms with Crippen LogP contribution in [0.3, 0.4) is 0 Å². The number of benzene rings is 3. The van der Waals surface area contributed by atoms with Crippen LogP contribution in [-0.4, -0.2) is 22.5 Å². The first-order valence-electron chi connectivity index (χ1n) is 12.3. The third-order valence-corrected chi connectivity index (χ3v) is 6.68. The van der Waals surface area contributed by atoms with Crippen LogP contribution >= 0.6 is 0 Å². The molecular formula is C29H31N3O. The van der Waals surface area contributed by atoms with Gasteiger partial charge in [-0.25, -0.2) is 0 Å². The summed E-state index contributed by atoms with van der Waals surface area (Å²) in [5, 5.41) is 12.0. The molecule has 0 fully saturated rings. The number of nitrogens with zero attached hydrogens (tertiary/aromatic N) is 1. The lowest BCUT2D eigenvalue weighted by molar-refractivity contribution is 0.104. The molecule has 4 heteroatoms. The van der Waals surface area contributed by atoms with Crippen molar-refractivity contribution in [2.75, 3.05) is 11.9 Å². The van der Waals surface area contributed by atoms with Crippen molar-refractivity contribution in [3.8, 4) is 11.3 Å². The van der Waals surface area contributed by atoms with E-state index >= 15 is 0 Å². The SMILES string of the molecule is O=C1c2c(NCCCCCCCCCc3ccccc3)cccc2-c2n[nH]c3cccc1c23. The van der Waals surface area contributed by atoms with Gasteiger partial charge < -0.3 is 5.32 Å². The molecule has 0 saturated heterocycles. The van der Waals surface area contributed by atoms with Gasteiger partial charge in [0.1, 0.15) is 5.69 Å². The smallest absolute Gasteiger partial charge is 0.196 e. The topological polar surface area (TPSA) is 57.8 Å². The van der Waals surface area contributed by atoms with E-state index in [1.807, 2.05) is 36.4 Å². The number of rotatable bonds is 11. The summed E-state index contributed by atoms with van der Waals surface area (Å²) >= 11 is 0. The molecule has 0 atom stereocenters. The predicted octanol–water partition coefficient (Wildman–Crippen LogP) is 7.16. The Hall–Kier alpha value is -3.40. The van der Waals surface area contributed by atoms with Crippen molar-refractivity contribution in [1.29, 1.82) is 0 Å². The minimum atomic E-state index is 0.0862. The van der Waals surface area contributed by atoms with Crippen molar-refractivity contribution in [2.45, 2.75) is 51.4 Å². The van der Waals surface area contributed by atoms with E-state index in [1.165, 1.54) is 50.5 Å². The fourth-order valence-electron chi connectivity index (χ4n) is 4.94. The fourth-order valence-corrected chi connectivity index (χ4v) is 4.94. The molecule has 33 heavy (non-hydrogen) atoms. The monoisotopic (exact) mass is 437 g/mol. The second-order valence-corrected chi connectivity index (χ2v) is 8.99. The van der Waals surface area contributed by atoms with Gasteiger partial charge in [-0.15, -0.1) is 0 Å². The molecule has 2 N–H and O–H groups in total. The van der Waals surface area contributed by atoms with Gasteiger partial charge in [-0.1, -0.05) is 86.7 Å². The number of aromatic nitrogens is 2. The van der Waals surface area contributed by atoms with Gasteiger partial charge in [-0.3, -0.25) is 9.89 Å². The summed E-state index contributed by atoms with van der Waals surface area (Å²) in [6, 6.07) is 22.6. The number of H-pyrrole nitrogens is 1. The van der Waals surface area contributed by atoms with E-state index in [9.17, 15) is 4.79 Å². The molecule has 1 aromatic heterocycles. The second-order valence-electron chi connectivity index (χ2n) is 8.99. The largest absolute Gasteiger partial charge is 0.384 e. The Balaban J connectivity index is 1.08. The number of nitrogens with one attached hydrogen (secondary N) is 2. The highest BCUT2D eigenvalue weighted by Crippen LogP contribution is 2.40. The second kappa shape index (κ2) is 10.0. The highest BCUT2D eigenvalue weighted by molar-refractivity contribution is 6.27. The molecule has 4 aromatic rings. The Morgan fingerprint density at radius 3 is 2.30 bits per heavy atom. The summed E-state index contributed by atoms with van der Waals surface area (Å²) < 4.78 is 0. The Morgan fingerprint density at radius 2 is 1.45 bits per heavy atom. The number of aromatic amines is 1. The number of carbonyl (C=O) groups is 1. The molecule has 168 valence electrons. The lowest BCUT2D eigenvalue weighted by atomic mass is 9.86. The quantitative estimate of drug-likeness (QED) is 0.216. The number of ketones is 1. The maximum absolute atomic E-state index is 13.3. The van der Waals surface area contributed by atoms with Crippen LogP contribution in [0.25, 0.3) is 22.2 Å². The molecule has 0 spiro atoms. The van der Waals surface area contributed by atoms with Gasteiger partial charge in [0.05, 0.1) is 11.1 Å². The van der Waals surface area contributed by atoms with Crippen molar-refractivity contribution >= 4 is 22.4 Å². The van der Waals surface area contributed by atoms with Crippen LogP contribution in [0.2, 0.25) is 0 Å². The average Bonchev–Trinajstić information content (AvgIpc) is 3.29. The minimum absolute atomic E-state index is 0.0862. The summed E-state index contributed by atoms with van der Waals surface area (Å²) in [6.07, 6.45) is 10.0. The zero-order valence-electron chi connectivity index (χ0n) is 19.1. The third kappa shape index (κ3) is 4.56. The highest BCUT2D eigenvalue weighted by Gasteiger charge is 2.29. The van der Waals surface area contributed by atoms with Crippen LogP contribution in [0.1, 0.15) is 66.4 Å². The maximum Gasteiger partial charge on any atom is 0.196 e. The van der Waals surface area contributed by atoms with Crippen LogP contribution in [0.5, 0.6) is 0 Å². The number of hydrogen-bond donors (Lipinski definition) is 2. The number of unbranched alkanes of at least 4 members (excludes halogenated alkanes) is 6. The molecule has 0 unspecified atom stereocenters. The van der Waals surface area contributed by atoms with Crippen LogP contribution in [0.15, 0.2) is 66.7 Å². The van der Waals surface area contributed by atoms with Crippen LogP contribution in [0, 0.1) is 0 Å². The standard InChI is InChI=1S/C29H31N3O/c33-29-23-17-12-19-25-26(23)28(32-31-25)22-16-11-18-24(27(22)29)30-20-10-5-3-1-2-4-7-13-21-14-8-6-9-15-21/h6,8-9,11-12,14-19,30H,1-5,7,10,13,20H2,(H,31,32). The summed E-state index contributed by atoms with van der Waals surface area (Å²) in [7, 11) is 0. The van der Waals surface area contributed by atoms with E-state index in [0.29, 0.717) is 0 Å². The maximum atomic E-state index is 13.3. The molecule has 0 aliphatic heterocycles. The zero-order chi connectivity index (χ0) is 22.5. The van der Waals surface area contributed by atoms with Crippen LogP contribution < -0.4 is 5.32 Å². The Labute approximate surface area is 195 Å². The first-order chi connectivity index (χ1) is 16.3. The van der Waals surface area contributed by atoms with Gasteiger partial charge in [0.25, 0.3) is 0 Å². The van der Waals surface area contributed by atoms with Crippen molar-refractivity contribution < 1.29 is 4.79 Å². The van der Waals surface area contributed by atoms with Crippen LogP contribution in [0.4, 0.5) is 5.69 Å². The van der Waals surface area contributed by atoms with E-state index in [1.54, 1.807) is 0 Å². The third-order valence-electron chi connectivity index (χ3n) is 6.68. The molecule has 0 bridgehead atoms. The molecule has 0 saturated carbocycles. The van der Waals surface area contributed by atoms with Crippen LogP contribution in [-0.2, 0) is 6.42 Å². The molecule has 1 aliphatic carbocycles. The first kappa shape index (κ1) is 21.4. The van der Waals surface area contributed by atoms with Gasteiger partial charge in [0, 0.05) is 28.7 Å². The zero-order valence-corrected chi connectivity index (χ0v) is 19.1. The number of fused-ring (bicyclic) bond motifs is 2. The summed E-state index contributed by atoms with van der Waals surface area (Å²) in [5.74, 6) is 0.0862. The highest BCUT2D eigenvalue weighted by atomic mass is 16.1. The molecule has 0 radical (unpaired) electrons. The molecule has 1 heterocycles. The molecule has 0 amide bonds. The van der Waals surface area contributed by atoms with E-state index in [2.05, 4.69) is 45.8 Å². The summed E-state index contributed by atoms with van der Waals surface area (Å²) in [5.41, 5.74) is 6.58. The number of aryl methyl sites for hydroxylation is 1. The van der Waals surface area contributed by atoms with Crippen molar-refractivity contribution in [2.24, 2.45) is 0 Å². The lowest BCUT2D eigenvalue weighted by Crippen LogP contribution is -2.13. The van der Waals surface area contributed by atoms with Gasteiger partial charge in [0.15, 0.2) is 5.78 Å². The molecule has 5 rings (SSSR count). The fraction of sp³-hybridized carbons (Fsp3) is 0.310. The number of carbonyl (C=O) groups excluding carboxylic acids is 1. The van der Waals surface area contributed by atoms with Gasteiger partial charge in [-0.05, 0) is 37.0 Å². The summed E-state index contributed by atoms with van der Waals surface area (Å²) in [6.45, 7) is 0.884. The van der Waals surface area contributed by atoms with Gasteiger partial charge in [-0.2, -0.15) is 5.10 Å².